The minimum Gasteiger partial charge on any atom is -0.368 e. The molecular formula is C16H20FN5O2. The van der Waals surface area contributed by atoms with Crippen molar-refractivity contribution in [2.24, 2.45) is 5.92 Å². The molecule has 0 aromatic carbocycles. The fourth-order valence-corrected chi connectivity index (χ4v) is 2.99. The summed E-state index contributed by atoms with van der Waals surface area (Å²) in [5.74, 6) is 1.74. The van der Waals surface area contributed by atoms with E-state index in [-0.39, 0.29) is 23.7 Å². The Labute approximate surface area is 139 Å². The lowest BCUT2D eigenvalue weighted by atomic mass is 10.0. The van der Waals surface area contributed by atoms with Crippen LogP contribution in [0.15, 0.2) is 10.9 Å². The summed E-state index contributed by atoms with van der Waals surface area (Å²) in [7, 11) is 0. The third kappa shape index (κ3) is 2.98. The Bertz CT molecular complexity index is 718. The molecule has 0 radical (unpaired) electrons. The van der Waals surface area contributed by atoms with Crippen molar-refractivity contribution in [2.75, 3.05) is 18.5 Å². The molecule has 2 aromatic rings. The fraction of sp³-hybridized carbons (Fsp3) is 0.625. The molecule has 4 rings (SSSR count). The SMILES string of the molecule is CCc1ncnc(NC[C@@H]2CCO[C@@H]2c2nc(C3CC3)no2)c1F. The van der Waals surface area contributed by atoms with Gasteiger partial charge in [0.15, 0.2) is 17.5 Å². The zero-order valence-electron chi connectivity index (χ0n) is 13.5. The summed E-state index contributed by atoms with van der Waals surface area (Å²) in [6.07, 6.45) is 4.78. The van der Waals surface area contributed by atoms with Crippen LogP contribution in [0.1, 0.15) is 55.6 Å². The average molecular weight is 333 g/mol. The minimum absolute atomic E-state index is 0.136. The van der Waals surface area contributed by atoms with Crippen LogP contribution >= 0.6 is 0 Å². The maximum absolute atomic E-state index is 14.2. The van der Waals surface area contributed by atoms with Crippen LogP contribution in [0.5, 0.6) is 0 Å². The molecule has 0 bridgehead atoms. The van der Waals surface area contributed by atoms with Gasteiger partial charge in [-0.15, -0.1) is 0 Å². The Morgan fingerprint density at radius 3 is 2.96 bits per heavy atom. The van der Waals surface area contributed by atoms with E-state index in [0.717, 1.165) is 25.1 Å². The van der Waals surface area contributed by atoms with Gasteiger partial charge in [-0.1, -0.05) is 12.1 Å². The van der Waals surface area contributed by atoms with Crippen LogP contribution in [0, 0.1) is 11.7 Å². The third-order valence-corrected chi connectivity index (χ3v) is 4.59. The van der Waals surface area contributed by atoms with Crippen LogP contribution in [0.2, 0.25) is 0 Å². The zero-order chi connectivity index (χ0) is 16.5. The molecule has 3 heterocycles. The van der Waals surface area contributed by atoms with Crippen molar-refractivity contribution in [1.82, 2.24) is 20.1 Å². The number of aromatic nitrogens is 4. The number of halogens is 1. The first-order valence-electron chi connectivity index (χ1n) is 8.44. The van der Waals surface area contributed by atoms with E-state index in [2.05, 4.69) is 25.4 Å². The molecule has 2 aliphatic rings. The number of rotatable bonds is 6. The van der Waals surface area contributed by atoms with E-state index in [1.165, 1.54) is 6.33 Å². The van der Waals surface area contributed by atoms with Crippen LogP contribution in [0.3, 0.4) is 0 Å². The lowest BCUT2D eigenvalue weighted by Crippen LogP contribution is -2.19. The van der Waals surface area contributed by atoms with Crippen molar-refractivity contribution >= 4 is 5.82 Å². The number of hydrogen-bond acceptors (Lipinski definition) is 7. The van der Waals surface area contributed by atoms with Crippen LogP contribution in [0.4, 0.5) is 10.2 Å². The van der Waals surface area contributed by atoms with E-state index >= 15 is 0 Å². The largest absolute Gasteiger partial charge is 0.368 e. The number of nitrogens with one attached hydrogen (secondary N) is 1. The maximum Gasteiger partial charge on any atom is 0.256 e. The second-order valence-electron chi connectivity index (χ2n) is 6.32. The van der Waals surface area contributed by atoms with Crippen LogP contribution in [0.25, 0.3) is 0 Å². The van der Waals surface area contributed by atoms with Gasteiger partial charge < -0.3 is 14.6 Å². The van der Waals surface area contributed by atoms with Gasteiger partial charge in [0.2, 0.25) is 0 Å². The lowest BCUT2D eigenvalue weighted by molar-refractivity contribution is 0.0649. The molecule has 0 spiro atoms. The Balaban J connectivity index is 1.43. The highest BCUT2D eigenvalue weighted by Gasteiger charge is 2.36. The van der Waals surface area contributed by atoms with Gasteiger partial charge >= 0.3 is 0 Å². The average Bonchev–Trinajstić information content (AvgIpc) is 3.15. The summed E-state index contributed by atoms with van der Waals surface area (Å²) in [5, 5.41) is 7.12. The Morgan fingerprint density at radius 2 is 2.17 bits per heavy atom. The lowest BCUT2D eigenvalue weighted by Gasteiger charge is -2.16. The fourth-order valence-electron chi connectivity index (χ4n) is 2.99. The molecule has 128 valence electrons. The highest BCUT2D eigenvalue weighted by molar-refractivity contribution is 5.37. The minimum atomic E-state index is -0.385. The second-order valence-corrected chi connectivity index (χ2v) is 6.32. The Hall–Kier alpha value is -2.09. The van der Waals surface area contributed by atoms with Crippen molar-refractivity contribution < 1.29 is 13.7 Å². The molecule has 0 amide bonds. The summed E-state index contributed by atoms with van der Waals surface area (Å²) in [5.41, 5.74) is 0.415. The first-order chi connectivity index (χ1) is 11.8. The van der Waals surface area contributed by atoms with E-state index in [1.807, 2.05) is 6.92 Å². The van der Waals surface area contributed by atoms with Crippen molar-refractivity contribution in [1.29, 1.82) is 0 Å². The van der Waals surface area contributed by atoms with Crippen molar-refractivity contribution in [3.8, 4) is 0 Å². The molecule has 1 saturated carbocycles. The molecule has 2 aromatic heterocycles. The first kappa shape index (κ1) is 15.4. The van der Waals surface area contributed by atoms with Gasteiger partial charge in [0, 0.05) is 25.0 Å². The van der Waals surface area contributed by atoms with Crippen LogP contribution < -0.4 is 5.32 Å². The quantitative estimate of drug-likeness (QED) is 0.869. The van der Waals surface area contributed by atoms with Gasteiger partial charge in [0.1, 0.15) is 12.4 Å². The van der Waals surface area contributed by atoms with Crippen LogP contribution in [-0.4, -0.2) is 33.3 Å². The van der Waals surface area contributed by atoms with Crippen molar-refractivity contribution in [3.05, 3.63) is 29.6 Å². The molecule has 0 unspecified atom stereocenters. The predicted molar refractivity (Wildman–Crippen MR) is 82.9 cm³/mol. The van der Waals surface area contributed by atoms with E-state index in [0.29, 0.717) is 37.1 Å². The van der Waals surface area contributed by atoms with Gasteiger partial charge in [0.05, 0.1) is 5.69 Å². The molecule has 24 heavy (non-hydrogen) atoms. The third-order valence-electron chi connectivity index (χ3n) is 4.59. The van der Waals surface area contributed by atoms with E-state index in [4.69, 9.17) is 9.26 Å². The molecule has 2 atom stereocenters. The van der Waals surface area contributed by atoms with Gasteiger partial charge in [-0.3, -0.25) is 0 Å². The normalized spacial score (nSPS) is 23.6. The topological polar surface area (TPSA) is 86.0 Å². The second kappa shape index (κ2) is 6.43. The summed E-state index contributed by atoms with van der Waals surface area (Å²) in [4.78, 5) is 12.4. The predicted octanol–water partition coefficient (Wildman–Crippen LogP) is 2.63. The van der Waals surface area contributed by atoms with Gasteiger partial charge in [-0.2, -0.15) is 4.98 Å². The molecular weight excluding hydrogens is 313 g/mol. The zero-order valence-corrected chi connectivity index (χ0v) is 13.5. The molecule has 8 heteroatoms. The van der Waals surface area contributed by atoms with Crippen LogP contribution in [-0.2, 0) is 11.2 Å². The number of aryl methyl sites for hydroxylation is 1. The monoisotopic (exact) mass is 333 g/mol. The first-order valence-corrected chi connectivity index (χ1v) is 8.44. The molecule has 1 aliphatic carbocycles. The maximum atomic E-state index is 14.2. The summed E-state index contributed by atoms with van der Waals surface area (Å²) in [6, 6.07) is 0. The van der Waals surface area contributed by atoms with Crippen molar-refractivity contribution in [2.45, 2.75) is 44.6 Å². The smallest absolute Gasteiger partial charge is 0.256 e. The summed E-state index contributed by atoms with van der Waals surface area (Å²) >= 11 is 0. The van der Waals surface area contributed by atoms with Gasteiger partial charge in [-0.25, -0.2) is 14.4 Å². The van der Waals surface area contributed by atoms with E-state index in [9.17, 15) is 4.39 Å². The number of nitrogens with zero attached hydrogens (tertiary/aromatic N) is 4. The number of hydrogen-bond donors (Lipinski definition) is 1. The molecule has 1 N–H and O–H groups in total. The Morgan fingerprint density at radius 1 is 1.29 bits per heavy atom. The van der Waals surface area contributed by atoms with E-state index < -0.39 is 0 Å². The van der Waals surface area contributed by atoms with Gasteiger partial charge in [0.25, 0.3) is 5.89 Å². The van der Waals surface area contributed by atoms with E-state index in [1.54, 1.807) is 0 Å². The van der Waals surface area contributed by atoms with Crippen molar-refractivity contribution in [3.63, 3.8) is 0 Å². The van der Waals surface area contributed by atoms with Gasteiger partial charge in [-0.05, 0) is 25.7 Å². The molecule has 1 saturated heterocycles. The summed E-state index contributed by atoms with van der Waals surface area (Å²) < 4.78 is 25.4. The highest BCUT2D eigenvalue weighted by atomic mass is 19.1. The summed E-state index contributed by atoms with van der Waals surface area (Å²) in [6.45, 7) is 3.02. The highest BCUT2D eigenvalue weighted by Crippen LogP contribution is 2.40. The number of anilines is 1. The molecule has 7 nitrogen and oxygen atoms in total. The number of ether oxygens (including phenoxy) is 1. The standard InChI is InChI=1S/C16H20FN5O2/c1-2-11-12(17)15(20-8-19-11)18-7-10-5-6-23-13(10)16-21-14(22-24-16)9-3-4-9/h8-10,13H,2-7H2,1H3,(H,18,19,20)/t10-,13-/m0/s1. The Kier molecular flexibility index (Phi) is 4.13. The molecule has 1 aliphatic heterocycles. The molecule has 2 fully saturated rings.